The van der Waals surface area contributed by atoms with Gasteiger partial charge in [0.15, 0.2) is 16.6 Å². The van der Waals surface area contributed by atoms with Gasteiger partial charge in [-0.1, -0.05) is 19.6 Å². The predicted molar refractivity (Wildman–Crippen MR) is 100 cm³/mol. The fourth-order valence-corrected chi connectivity index (χ4v) is 10.3. The van der Waals surface area contributed by atoms with Crippen LogP contribution < -0.4 is 0 Å². The maximum atomic E-state index is 11.4. The highest BCUT2D eigenvalue weighted by Gasteiger charge is 2.28. The maximum absolute atomic E-state index is 11.4. The third kappa shape index (κ3) is 12.1. The Morgan fingerprint density at radius 3 is 1.95 bits per heavy atom. The number of hydrogen-bond donors (Lipinski definition) is 0. The van der Waals surface area contributed by atoms with Gasteiger partial charge < -0.3 is 13.0 Å². The lowest BCUT2D eigenvalue weighted by Gasteiger charge is -2.30. The third-order valence-electron chi connectivity index (χ3n) is 2.62. The van der Waals surface area contributed by atoms with E-state index >= 15 is 0 Å². The van der Waals surface area contributed by atoms with E-state index in [9.17, 15) is 4.79 Å². The number of unbranched alkanes of at least 4 members (excludes halogenated alkanes) is 1. The monoisotopic (exact) mass is 360 g/mol. The van der Waals surface area contributed by atoms with Crippen molar-refractivity contribution < 1.29 is 17.8 Å². The number of esters is 1. The fraction of sp³-hybridized carbons (Fsp3) is 0.667. The first-order valence-corrected chi connectivity index (χ1v) is 16.4. The van der Waals surface area contributed by atoms with Crippen LogP contribution in [0, 0.1) is 0 Å². The second-order valence-electron chi connectivity index (χ2n) is 7.31. The van der Waals surface area contributed by atoms with Crippen molar-refractivity contribution in [2.75, 3.05) is 0 Å². The smallest absolute Gasteiger partial charge is 0.338 e. The van der Waals surface area contributed by atoms with Gasteiger partial charge in [0.25, 0.3) is 0 Å². The highest BCUT2D eigenvalue weighted by Crippen LogP contribution is 2.18. The standard InChI is InChI=1S/C15H32O4Si3/c1-9-17-15(16)14(2)12-10-11-13-20(18-21(3,4)5)19-22(6,7)8/h9,20H,1-2,10-13H2,3-8H3. The molecule has 0 saturated carbocycles. The van der Waals surface area contributed by atoms with E-state index in [0.717, 1.165) is 25.1 Å². The summed E-state index contributed by atoms with van der Waals surface area (Å²) in [4.78, 5) is 11.4. The Morgan fingerprint density at radius 1 is 1.05 bits per heavy atom. The van der Waals surface area contributed by atoms with E-state index in [4.69, 9.17) is 13.0 Å². The van der Waals surface area contributed by atoms with Crippen molar-refractivity contribution in [1.29, 1.82) is 0 Å². The van der Waals surface area contributed by atoms with Crippen LogP contribution >= 0.6 is 0 Å². The first-order valence-electron chi connectivity index (χ1n) is 7.80. The van der Waals surface area contributed by atoms with Gasteiger partial charge in [-0.2, -0.15) is 0 Å². The molecule has 0 amide bonds. The molecule has 7 heteroatoms. The Morgan fingerprint density at radius 2 is 1.55 bits per heavy atom. The number of ether oxygens (including phenoxy) is 1. The largest absolute Gasteiger partial charge is 0.439 e. The molecule has 0 spiro atoms. The molecule has 0 aliphatic heterocycles. The average Bonchev–Trinajstić information content (AvgIpc) is 2.30. The summed E-state index contributed by atoms with van der Waals surface area (Å²) in [7, 11) is -4.77. The van der Waals surface area contributed by atoms with Gasteiger partial charge in [-0.3, -0.25) is 0 Å². The summed E-state index contributed by atoms with van der Waals surface area (Å²) in [6.45, 7) is 20.3. The van der Waals surface area contributed by atoms with Gasteiger partial charge in [0.1, 0.15) is 0 Å². The van der Waals surface area contributed by atoms with Crippen LogP contribution in [0.4, 0.5) is 0 Å². The van der Waals surface area contributed by atoms with E-state index in [1.807, 2.05) is 0 Å². The van der Waals surface area contributed by atoms with Gasteiger partial charge in [-0.15, -0.1) is 0 Å². The maximum Gasteiger partial charge on any atom is 0.338 e. The molecule has 0 saturated heterocycles. The van der Waals surface area contributed by atoms with Crippen molar-refractivity contribution in [2.24, 2.45) is 0 Å². The molecular weight excluding hydrogens is 328 g/mol. The summed E-state index contributed by atoms with van der Waals surface area (Å²) in [5.74, 6) is -0.388. The van der Waals surface area contributed by atoms with Crippen LogP contribution in [0.1, 0.15) is 19.3 Å². The summed E-state index contributed by atoms with van der Waals surface area (Å²) in [6, 6.07) is 0.984. The Labute approximate surface area is 139 Å². The van der Waals surface area contributed by atoms with Crippen LogP contribution in [0.3, 0.4) is 0 Å². The van der Waals surface area contributed by atoms with Gasteiger partial charge in [0.05, 0.1) is 6.26 Å². The van der Waals surface area contributed by atoms with Crippen molar-refractivity contribution in [1.82, 2.24) is 0 Å². The molecule has 0 aliphatic carbocycles. The summed E-state index contributed by atoms with van der Waals surface area (Å²) in [6.07, 6.45) is 3.68. The lowest BCUT2D eigenvalue weighted by atomic mass is 10.1. The Kier molecular flexibility index (Phi) is 9.40. The first-order chi connectivity index (χ1) is 9.94. The topological polar surface area (TPSA) is 44.8 Å². The number of carbonyl (C=O) groups is 1. The minimum absolute atomic E-state index is 0.388. The van der Waals surface area contributed by atoms with Gasteiger partial charge in [-0.25, -0.2) is 4.79 Å². The summed E-state index contributed by atoms with van der Waals surface area (Å²) in [5.41, 5.74) is 0.496. The van der Waals surface area contributed by atoms with Crippen LogP contribution in [0.2, 0.25) is 45.3 Å². The molecule has 0 N–H and O–H groups in total. The number of carbonyl (C=O) groups excluding carboxylic acids is 1. The lowest BCUT2D eigenvalue weighted by Crippen LogP contribution is -2.43. The summed E-state index contributed by atoms with van der Waals surface area (Å²) in [5, 5.41) is 0. The molecule has 0 bridgehead atoms. The third-order valence-corrected chi connectivity index (χ3v) is 11.3. The second-order valence-corrected chi connectivity index (χ2v) is 19.1. The molecule has 22 heavy (non-hydrogen) atoms. The summed E-state index contributed by atoms with van der Waals surface area (Å²) >= 11 is 0. The van der Waals surface area contributed by atoms with E-state index in [1.165, 1.54) is 0 Å². The second kappa shape index (κ2) is 9.61. The highest BCUT2D eigenvalue weighted by atomic mass is 28.4. The Bertz CT molecular complexity index is 367. The number of hydrogen-bond acceptors (Lipinski definition) is 4. The Balaban J connectivity index is 4.26. The zero-order valence-electron chi connectivity index (χ0n) is 15.0. The molecule has 0 aliphatic rings. The SMILES string of the molecule is C=COC(=O)C(=C)CCCC[SiH](O[Si](C)(C)C)O[Si](C)(C)C. The minimum Gasteiger partial charge on any atom is -0.439 e. The van der Waals surface area contributed by atoms with Gasteiger partial charge in [0, 0.05) is 5.57 Å². The molecular formula is C15H32O4Si3. The quantitative estimate of drug-likeness (QED) is 0.181. The zero-order chi connectivity index (χ0) is 17.4. The molecule has 128 valence electrons. The molecule has 0 radical (unpaired) electrons. The zero-order valence-corrected chi connectivity index (χ0v) is 18.2. The fourth-order valence-electron chi connectivity index (χ4n) is 1.84. The molecule has 4 nitrogen and oxygen atoms in total. The van der Waals surface area contributed by atoms with E-state index in [-0.39, 0.29) is 5.97 Å². The molecule has 0 fully saturated rings. The first kappa shape index (κ1) is 21.5. The van der Waals surface area contributed by atoms with Crippen molar-refractivity contribution in [3.63, 3.8) is 0 Å². The number of rotatable bonds is 11. The van der Waals surface area contributed by atoms with Gasteiger partial charge in [0.2, 0.25) is 0 Å². The van der Waals surface area contributed by atoms with Crippen LogP contribution in [0.5, 0.6) is 0 Å². The van der Waals surface area contributed by atoms with Crippen LogP contribution in [0.25, 0.3) is 0 Å². The van der Waals surface area contributed by atoms with Crippen LogP contribution in [0.15, 0.2) is 25.0 Å². The normalized spacial score (nSPS) is 12.3. The average molecular weight is 361 g/mol. The van der Waals surface area contributed by atoms with E-state index < -0.39 is 25.9 Å². The van der Waals surface area contributed by atoms with E-state index in [1.54, 1.807) is 0 Å². The molecule has 0 heterocycles. The van der Waals surface area contributed by atoms with Gasteiger partial charge in [-0.05, 0) is 58.2 Å². The van der Waals surface area contributed by atoms with Gasteiger partial charge >= 0.3 is 15.3 Å². The minimum atomic E-state index is -1.62. The van der Waals surface area contributed by atoms with Crippen molar-refractivity contribution >= 4 is 31.9 Å². The van der Waals surface area contributed by atoms with Crippen molar-refractivity contribution in [2.45, 2.75) is 64.6 Å². The Hall–Kier alpha value is -0.479. The van der Waals surface area contributed by atoms with Crippen LogP contribution in [-0.2, 0) is 17.8 Å². The summed E-state index contributed by atoms with van der Waals surface area (Å²) < 4.78 is 17.2. The predicted octanol–water partition coefficient (Wildman–Crippen LogP) is 4.32. The molecule has 0 aromatic rings. The molecule has 0 rings (SSSR count). The highest BCUT2D eigenvalue weighted by molar-refractivity contribution is 6.81. The molecule has 0 atom stereocenters. The van der Waals surface area contributed by atoms with E-state index in [0.29, 0.717) is 12.0 Å². The van der Waals surface area contributed by atoms with Crippen molar-refractivity contribution in [3.05, 3.63) is 25.0 Å². The molecule has 0 unspecified atom stereocenters. The van der Waals surface area contributed by atoms with Crippen LogP contribution in [-0.4, -0.2) is 31.9 Å². The molecule has 0 aromatic heterocycles. The molecule has 0 aromatic carbocycles. The lowest BCUT2D eigenvalue weighted by molar-refractivity contribution is -0.133. The van der Waals surface area contributed by atoms with Crippen molar-refractivity contribution in [3.8, 4) is 0 Å². The van der Waals surface area contributed by atoms with E-state index in [2.05, 4.69) is 52.4 Å².